The highest BCUT2D eigenvalue weighted by Gasteiger charge is 2.35. The minimum atomic E-state index is -0.482. The minimum absolute atomic E-state index is 0.113. The van der Waals surface area contributed by atoms with Crippen LogP contribution in [-0.2, 0) is 91.2 Å². The fourth-order valence-electron chi connectivity index (χ4n) is 13.6. The zero-order valence-electron chi connectivity index (χ0n) is 72.5. The van der Waals surface area contributed by atoms with E-state index in [4.69, 9.17) is 9.98 Å². The van der Waals surface area contributed by atoms with Crippen LogP contribution in [0.15, 0.2) is 94.9 Å². The molecule has 0 aromatic heterocycles. The molecule has 0 bridgehead atoms. The van der Waals surface area contributed by atoms with E-state index in [-0.39, 0.29) is 93.2 Å². The molecule has 10 heteroatoms. The van der Waals surface area contributed by atoms with Crippen molar-refractivity contribution in [2.45, 2.75) is 340 Å². The zero-order valence-corrected chi connectivity index (χ0v) is 72.5. The van der Waals surface area contributed by atoms with Crippen LogP contribution in [0.1, 0.15) is 349 Å². The van der Waals surface area contributed by atoms with E-state index < -0.39 is 32.5 Å². The second kappa shape index (κ2) is 29.0. The molecule has 578 valence electrons. The molecule has 0 aliphatic carbocycles. The van der Waals surface area contributed by atoms with Crippen LogP contribution in [0.5, 0.6) is 34.5 Å². The van der Waals surface area contributed by atoms with Crippen LogP contribution >= 0.6 is 0 Å². The zero-order chi connectivity index (χ0) is 80.9. The maximum Gasteiger partial charge on any atom is 0.128 e. The first-order valence-electron chi connectivity index (χ1n) is 38.6. The lowest BCUT2D eigenvalue weighted by Gasteiger charge is -2.35. The molecule has 0 amide bonds. The highest BCUT2D eigenvalue weighted by Crippen LogP contribution is 2.50. The van der Waals surface area contributed by atoms with Crippen molar-refractivity contribution in [3.05, 3.63) is 185 Å². The average Bonchev–Trinajstić information content (AvgIpc) is 0.768. The van der Waals surface area contributed by atoms with Gasteiger partial charge in [-0.05, 0) is 169 Å². The van der Waals surface area contributed by atoms with Gasteiger partial charge in [0.1, 0.15) is 34.5 Å². The summed E-state index contributed by atoms with van der Waals surface area (Å²) >= 11 is 0. The maximum absolute atomic E-state index is 13.2. The lowest BCUT2D eigenvalue weighted by Crippen LogP contribution is -2.27. The molecule has 6 N–H and O–H groups in total. The SMILES string of the molecule is CC(C)(C)c1cc(C=Nc2cc(N=Cc3cc(C(C)(C)C)cc(C(C)(C)C)c3O)c(N(Cc3cc(C(C)(C)C)cc(C(C)(C)C)c3O)Cc3cc(C(C)(C)C)cc(C(C)(C)C)c3O)cc2N(Cc2cc(C(C)(C)C)cc(C(C)(C)C)c2O)Cc2cc(C(C)(C)C)cc(C(C)(C)C)c2O)c(O)c(C(C)(C)C)c1. The summed E-state index contributed by atoms with van der Waals surface area (Å²) in [7, 11) is 0. The van der Waals surface area contributed by atoms with Gasteiger partial charge in [0.25, 0.3) is 0 Å². The summed E-state index contributed by atoms with van der Waals surface area (Å²) in [6, 6.07) is 29.5. The Morgan fingerprint density at radius 1 is 0.226 bits per heavy atom. The van der Waals surface area contributed by atoms with Crippen molar-refractivity contribution in [3.63, 3.8) is 0 Å². The number of hydrogen-bond acceptors (Lipinski definition) is 10. The molecule has 10 nitrogen and oxygen atoms in total. The smallest absolute Gasteiger partial charge is 0.128 e. The summed E-state index contributed by atoms with van der Waals surface area (Å²) in [5.74, 6) is 0.895. The molecule has 0 spiro atoms. The molecular weight excluding hydrogens is 1310 g/mol. The first-order valence-corrected chi connectivity index (χ1v) is 38.6. The highest BCUT2D eigenvalue weighted by molar-refractivity contribution is 5.93. The van der Waals surface area contributed by atoms with E-state index in [1.54, 1.807) is 12.4 Å². The number of rotatable bonds is 14. The van der Waals surface area contributed by atoms with Crippen molar-refractivity contribution in [2.24, 2.45) is 9.98 Å². The van der Waals surface area contributed by atoms with E-state index in [0.29, 0.717) is 56.1 Å². The third-order valence-electron chi connectivity index (χ3n) is 21.0. The minimum Gasteiger partial charge on any atom is -0.507 e. The number of phenolic OH excluding ortho intramolecular Hbond substituents is 6. The van der Waals surface area contributed by atoms with E-state index >= 15 is 0 Å². The molecule has 0 aliphatic rings. The van der Waals surface area contributed by atoms with Gasteiger partial charge in [0.2, 0.25) is 0 Å². The first-order chi connectivity index (χ1) is 47.6. The van der Waals surface area contributed by atoms with Gasteiger partial charge in [-0.15, -0.1) is 0 Å². The van der Waals surface area contributed by atoms with Gasteiger partial charge < -0.3 is 40.4 Å². The van der Waals surface area contributed by atoms with Gasteiger partial charge in [0.05, 0.1) is 22.7 Å². The van der Waals surface area contributed by atoms with Crippen LogP contribution in [0.3, 0.4) is 0 Å². The molecule has 0 saturated heterocycles. The summed E-state index contributed by atoms with van der Waals surface area (Å²) in [5.41, 5.74) is 11.9. The molecule has 7 aromatic rings. The summed E-state index contributed by atoms with van der Waals surface area (Å²) in [5, 5.41) is 78.1. The molecule has 0 fully saturated rings. The lowest BCUT2D eigenvalue weighted by atomic mass is 9.78. The monoisotopic (exact) mass is 1440 g/mol. The van der Waals surface area contributed by atoms with E-state index in [9.17, 15) is 30.6 Å². The quantitative estimate of drug-likeness (QED) is 0.0589. The topological polar surface area (TPSA) is 153 Å². The van der Waals surface area contributed by atoms with Crippen molar-refractivity contribution >= 4 is 35.2 Å². The van der Waals surface area contributed by atoms with Gasteiger partial charge in [-0.2, -0.15) is 0 Å². The number of nitrogens with zero attached hydrogens (tertiary/aromatic N) is 4. The molecule has 0 radical (unpaired) electrons. The fraction of sp³-hybridized carbons (Fsp3) is 0.542. The second-order valence-corrected chi connectivity index (χ2v) is 43.1. The normalized spacial score (nSPS) is 13.8. The van der Waals surface area contributed by atoms with Crippen LogP contribution in [0.25, 0.3) is 0 Å². The predicted octanol–water partition coefficient (Wildman–Crippen LogP) is 25.4. The number of aromatic hydroxyl groups is 6. The number of aliphatic imine (C=N–C) groups is 2. The van der Waals surface area contributed by atoms with Crippen LogP contribution in [0, 0.1) is 0 Å². The molecule has 7 rings (SSSR count). The Labute approximate surface area is 642 Å². The molecule has 0 unspecified atom stereocenters. The maximum atomic E-state index is 13.2. The van der Waals surface area contributed by atoms with Crippen molar-refractivity contribution in [1.29, 1.82) is 0 Å². The summed E-state index contributed by atoms with van der Waals surface area (Å²) in [6.45, 7) is 78.0. The van der Waals surface area contributed by atoms with Gasteiger partial charge in [0, 0.05) is 83.1 Å². The van der Waals surface area contributed by atoms with Crippen molar-refractivity contribution < 1.29 is 30.6 Å². The van der Waals surface area contributed by atoms with Gasteiger partial charge in [-0.1, -0.05) is 286 Å². The molecule has 0 saturated carbocycles. The van der Waals surface area contributed by atoms with Crippen LogP contribution in [0.2, 0.25) is 0 Å². The number of phenols is 6. The Morgan fingerprint density at radius 2 is 0.406 bits per heavy atom. The number of anilines is 2. The Kier molecular flexibility index (Phi) is 23.4. The molecule has 0 atom stereocenters. The second-order valence-electron chi connectivity index (χ2n) is 43.1. The van der Waals surface area contributed by atoms with Crippen LogP contribution < -0.4 is 9.80 Å². The van der Waals surface area contributed by atoms with E-state index in [2.05, 4.69) is 326 Å². The number of hydrogen-bond donors (Lipinski definition) is 6. The highest BCUT2D eigenvalue weighted by atomic mass is 16.3. The summed E-state index contributed by atoms with van der Waals surface area (Å²) in [6.07, 6.45) is 3.52. The summed E-state index contributed by atoms with van der Waals surface area (Å²) in [4.78, 5) is 15.8. The summed E-state index contributed by atoms with van der Waals surface area (Å²) < 4.78 is 0. The Balaban J connectivity index is 1.86. The van der Waals surface area contributed by atoms with Crippen molar-refractivity contribution in [3.8, 4) is 34.5 Å². The van der Waals surface area contributed by atoms with Crippen LogP contribution in [0.4, 0.5) is 22.7 Å². The van der Waals surface area contributed by atoms with Crippen molar-refractivity contribution in [1.82, 2.24) is 0 Å². The van der Waals surface area contributed by atoms with Gasteiger partial charge >= 0.3 is 0 Å². The molecule has 0 heterocycles. The predicted molar refractivity (Wildman–Crippen MR) is 454 cm³/mol. The molecule has 0 aliphatic heterocycles. The third kappa shape index (κ3) is 19.8. The van der Waals surface area contributed by atoms with Gasteiger partial charge in [-0.3, -0.25) is 9.98 Å². The van der Waals surface area contributed by atoms with Crippen LogP contribution in [-0.4, -0.2) is 43.1 Å². The first kappa shape index (κ1) is 85.5. The largest absolute Gasteiger partial charge is 0.507 e. The van der Waals surface area contributed by atoms with Crippen molar-refractivity contribution in [2.75, 3.05) is 9.80 Å². The average molecular weight is 1440 g/mol. The number of benzene rings is 7. The van der Waals surface area contributed by atoms with E-state index in [1.807, 2.05) is 18.2 Å². The standard InChI is InChI=1S/C96H138N4O6/c1-85(2,3)63-37-57(79(101)69(43-63)91(19,20)21)51-97-75-49-76(98-52-58-38-64(86(4,5)6)44-70(80(58)102)92(22,23)24)78(100(55-61-41-67(89(13,14)15)47-73(83(61)105)95(31,32)33)56-62-42-68(90(16,17)18)48-74(84(62)106)96(34,35)36)50-77(75)99(53-59-39-65(87(7,8)9)45-71(81(59)103)93(25,26)27)54-60-40-66(88(10,11)12)46-72(82(60)104)94(28,29)30/h37-52,101-106H,53-56H2,1-36H3. The van der Waals surface area contributed by atoms with Gasteiger partial charge in [-0.25, -0.2) is 0 Å². The third-order valence-corrected chi connectivity index (χ3v) is 21.0. The Morgan fingerprint density at radius 3 is 0.585 bits per heavy atom. The molecule has 106 heavy (non-hydrogen) atoms. The lowest BCUT2D eigenvalue weighted by molar-refractivity contribution is 0.433. The van der Waals surface area contributed by atoms with Gasteiger partial charge in [0.15, 0.2) is 0 Å². The Hall–Kier alpha value is -7.72. The Bertz CT molecular complexity index is 4020. The fourth-order valence-corrected chi connectivity index (χ4v) is 13.6. The van der Waals surface area contributed by atoms with E-state index in [1.165, 1.54) is 0 Å². The molecule has 7 aromatic carbocycles. The molecular formula is C96H138N4O6. The van der Waals surface area contributed by atoms with E-state index in [0.717, 1.165) is 66.8 Å².